The van der Waals surface area contributed by atoms with Crippen LogP contribution in [0.1, 0.15) is 16.8 Å². The van der Waals surface area contributed by atoms with Gasteiger partial charge >= 0.3 is 0 Å². The van der Waals surface area contributed by atoms with Gasteiger partial charge in [-0.05, 0) is 31.0 Å². The van der Waals surface area contributed by atoms with E-state index in [1.807, 2.05) is 23.7 Å². The van der Waals surface area contributed by atoms with Crippen molar-refractivity contribution in [3.05, 3.63) is 59.5 Å². The van der Waals surface area contributed by atoms with E-state index in [1.165, 1.54) is 11.1 Å². The third kappa shape index (κ3) is 2.29. The molecule has 4 heteroatoms. The molecule has 0 bridgehead atoms. The summed E-state index contributed by atoms with van der Waals surface area (Å²) in [5.74, 6) is 0.867. The molecule has 0 saturated carbocycles. The van der Waals surface area contributed by atoms with Gasteiger partial charge in [-0.15, -0.1) is 0 Å². The number of rotatable bonds is 3. The average Bonchev–Trinajstić information content (AvgIpc) is 2.78. The third-order valence-electron chi connectivity index (χ3n) is 3.22. The summed E-state index contributed by atoms with van der Waals surface area (Å²) in [6.07, 6.45) is 3.63. The fourth-order valence-corrected chi connectivity index (χ4v) is 2.17. The summed E-state index contributed by atoms with van der Waals surface area (Å²) < 4.78 is 1.85. The Labute approximate surface area is 112 Å². The predicted molar refractivity (Wildman–Crippen MR) is 76.2 cm³/mol. The molecular weight excluding hydrogens is 236 g/mol. The number of fused-ring (bicyclic) bond motifs is 1. The van der Waals surface area contributed by atoms with Gasteiger partial charge in [0.15, 0.2) is 5.82 Å². The van der Waals surface area contributed by atoms with E-state index in [0.29, 0.717) is 0 Å². The van der Waals surface area contributed by atoms with Crippen molar-refractivity contribution in [3.63, 3.8) is 0 Å². The number of hydrogen-bond donors (Lipinski definition) is 1. The standard InChI is InChI=1S/C15H16N4/c1-11-5-3-4-6-13(11)10-17-15-14-9-12(2)18-19(14)8-7-16-15/h3-9H,10H2,1-2H3,(H,16,17). The highest BCUT2D eigenvalue weighted by Crippen LogP contribution is 2.16. The molecule has 0 saturated heterocycles. The van der Waals surface area contributed by atoms with Crippen molar-refractivity contribution in [2.45, 2.75) is 20.4 Å². The van der Waals surface area contributed by atoms with Crippen LogP contribution in [0.3, 0.4) is 0 Å². The van der Waals surface area contributed by atoms with Gasteiger partial charge in [0.25, 0.3) is 0 Å². The number of nitrogens with zero attached hydrogens (tertiary/aromatic N) is 3. The summed E-state index contributed by atoms with van der Waals surface area (Å²) in [4.78, 5) is 4.39. The minimum Gasteiger partial charge on any atom is -0.364 e. The smallest absolute Gasteiger partial charge is 0.152 e. The highest BCUT2D eigenvalue weighted by molar-refractivity contribution is 5.67. The highest BCUT2D eigenvalue weighted by atomic mass is 15.2. The van der Waals surface area contributed by atoms with Crippen LogP contribution in [0.15, 0.2) is 42.7 Å². The van der Waals surface area contributed by atoms with E-state index in [-0.39, 0.29) is 0 Å². The van der Waals surface area contributed by atoms with E-state index in [1.54, 1.807) is 6.20 Å². The maximum atomic E-state index is 4.39. The fourth-order valence-electron chi connectivity index (χ4n) is 2.17. The van der Waals surface area contributed by atoms with Gasteiger partial charge in [0, 0.05) is 18.9 Å². The molecular formula is C15H16N4. The molecule has 2 aromatic heterocycles. The Morgan fingerprint density at radius 3 is 2.89 bits per heavy atom. The van der Waals surface area contributed by atoms with Gasteiger partial charge in [-0.2, -0.15) is 5.10 Å². The Hall–Kier alpha value is -2.36. The molecule has 4 nitrogen and oxygen atoms in total. The average molecular weight is 252 g/mol. The molecule has 0 aliphatic heterocycles. The minimum atomic E-state index is 0.767. The van der Waals surface area contributed by atoms with Crippen LogP contribution in [0, 0.1) is 13.8 Å². The first-order valence-electron chi connectivity index (χ1n) is 6.33. The molecule has 1 aromatic carbocycles. The van der Waals surface area contributed by atoms with Crippen LogP contribution < -0.4 is 5.32 Å². The number of hydrogen-bond acceptors (Lipinski definition) is 3. The second kappa shape index (κ2) is 4.72. The van der Waals surface area contributed by atoms with E-state index in [4.69, 9.17) is 0 Å². The lowest BCUT2D eigenvalue weighted by Crippen LogP contribution is -2.04. The van der Waals surface area contributed by atoms with Crippen molar-refractivity contribution in [1.29, 1.82) is 0 Å². The van der Waals surface area contributed by atoms with Crippen LogP contribution in [-0.4, -0.2) is 14.6 Å². The molecule has 0 fully saturated rings. The van der Waals surface area contributed by atoms with Crippen molar-refractivity contribution in [1.82, 2.24) is 14.6 Å². The first kappa shape index (κ1) is 11.7. The molecule has 3 aromatic rings. The summed E-state index contributed by atoms with van der Waals surface area (Å²) >= 11 is 0. The normalized spacial score (nSPS) is 10.8. The zero-order valence-electron chi connectivity index (χ0n) is 11.1. The SMILES string of the molecule is Cc1cc2c(NCc3ccccc3C)nccn2n1. The molecule has 96 valence electrons. The van der Waals surface area contributed by atoms with E-state index >= 15 is 0 Å². The number of aromatic nitrogens is 3. The third-order valence-corrected chi connectivity index (χ3v) is 3.22. The maximum Gasteiger partial charge on any atom is 0.152 e. The van der Waals surface area contributed by atoms with Crippen molar-refractivity contribution >= 4 is 11.3 Å². The van der Waals surface area contributed by atoms with Gasteiger partial charge in [-0.25, -0.2) is 9.50 Å². The first-order chi connectivity index (χ1) is 9.24. The fraction of sp³-hybridized carbons (Fsp3) is 0.200. The molecule has 0 amide bonds. The number of benzene rings is 1. The monoisotopic (exact) mass is 252 g/mol. The van der Waals surface area contributed by atoms with E-state index < -0.39 is 0 Å². The Balaban J connectivity index is 1.88. The van der Waals surface area contributed by atoms with Crippen LogP contribution in [0.2, 0.25) is 0 Å². The lowest BCUT2D eigenvalue weighted by Gasteiger charge is -2.09. The molecule has 0 aliphatic rings. The quantitative estimate of drug-likeness (QED) is 0.779. The zero-order chi connectivity index (χ0) is 13.2. The van der Waals surface area contributed by atoms with Crippen LogP contribution in [0.5, 0.6) is 0 Å². The van der Waals surface area contributed by atoms with Gasteiger partial charge in [-0.1, -0.05) is 24.3 Å². The molecule has 2 heterocycles. The molecule has 1 N–H and O–H groups in total. The Kier molecular flexibility index (Phi) is 2.91. The van der Waals surface area contributed by atoms with E-state index in [9.17, 15) is 0 Å². The summed E-state index contributed by atoms with van der Waals surface area (Å²) in [5, 5.41) is 7.77. The summed E-state index contributed by atoms with van der Waals surface area (Å²) in [6, 6.07) is 10.4. The molecule has 19 heavy (non-hydrogen) atoms. The van der Waals surface area contributed by atoms with Crippen LogP contribution >= 0.6 is 0 Å². The Morgan fingerprint density at radius 2 is 2.05 bits per heavy atom. The first-order valence-corrected chi connectivity index (χ1v) is 6.33. The van der Waals surface area contributed by atoms with Crippen molar-refractivity contribution in [3.8, 4) is 0 Å². The topological polar surface area (TPSA) is 42.2 Å². The molecule has 0 radical (unpaired) electrons. The van der Waals surface area contributed by atoms with Crippen molar-refractivity contribution in [2.24, 2.45) is 0 Å². The van der Waals surface area contributed by atoms with Crippen LogP contribution in [0.4, 0.5) is 5.82 Å². The zero-order valence-corrected chi connectivity index (χ0v) is 11.1. The second-order valence-electron chi connectivity index (χ2n) is 4.67. The lowest BCUT2D eigenvalue weighted by molar-refractivity contribution is 0.919. The minimum absolute atomic E-state index is 0.767. The number of aryl methyl sites for hydroxylation is 2. The second-order valence-corrected chi connectivity index (χ2v) is 4.67. The summed E-state index contributed by atoms with van der Waals surface area (Å²) in [7, 11) is 0. The lowest BCUT2D eigenvalue weighted by atomic mass is 10.1. The molecule has 0 unspecified atom stereocenters. The van der Waals surface area contributed by atoms with Crippen LogP contribution in [0.25, 0.3) is 5.52 Å². The van der Waals surface area contributed by atoms with Gasteiger partial charge in [0.2, 0.25) is 0 Å². The van der Waals surface area contributed by atoms with E-state index in [0.717, 1.165) is 23.6 Å². The number of anilines is 1. The van der Waals surface area contributed by atoms with Gasteiger partial charge < -0.3 is 5.32 Å². The summed E-state index contributed by atoms with van der Waals surface area (Å²) in [6.45, 7) is 4.87. The van der Waals surface area contributed by atoms with Gasteiger partial charge in [-0.3, -0.25) is 0 Å². The Bertz CT molecular complexity index is 715. The maximum absolute atomic E-state index is 4.39. The molecule has 0 atom stereocenters. The van der Waals surface area contributed by atoms with E-state index in [2.05, 4.69) is 46.6 Å². The van der Waals surface area contributed by atoms with Crippen LogP contribution in [-0.2, 0) is 6.54 Å². The highest BCUT2D eigenvalue weighted by Gasteiger charge is 2.05. The van der Waals surface area contributed by atoms with Gasteiger partial charge in [0.1, 0.15) is 5.52 Å². The summed E-state index contributed by atoms with van der Waals surface area (Å²) in [5.41, 5.74) is 4.56. The largest absolute Gasteiger partial charge is 0.364 e. The van der Waals surface area contributed by atoms with Gasteiger partial charge in [0.05, 0.1) is 5.69 Å². The molecule has 3 rings (SSSR count). The molecule has 0 aliphatic carbocycles. The van der Waals surface area contributed by atoms with Crippen molar-refractivity contribution in [2.75, 3.05) is 5.32 Å². The van der Waals surface area contributed by atoms with Crippen molar-refractivity contribution < 1.29 is 0 Å². The predicted octanol–water partition coefficient (Wildman–Crippen LogP) is 2.96. The number of nitrogens with one attached hydrogen (secondary N) is 1. The Morgan fingerprint density at radius 1 is 1.21 bits per heavy atom. The molecule has 0 spiro atoms.